The molecule has 0 bridgehead atoms. The summed E-state index contributed by atoms with van der Waals surface area (Å²) in [6, 6.07) is 0. The standard InChI is InChI=1S/C15H29N3O2/c1-13-3-5-15(20,6-4-13)12-16-11-14(19)18-9-7-17(2)8-10-18/h13,16,20H,3-12H2,1-2H3. The summed E-state index contributed by atoms with van der Waals surface area (Å²) in [5, 5.41) is 13.6. The molecule has 5 nitrogen and oxygen atoms in total. The Morgan fingerprint density at radius 1 is 1.25 bits per heavy atom. The maximum Gasteiger partial charge on any atom is 0.236 e. The zero-order valence-electron chi connectivity index (χ0n) is 12.9. The monoisotopic (exact) mass is 283 g/mol. The van der Waals surface area contributed by atoms with E-state index in [0.29, 0.717) is 13.1 Å². The third-order valence-electron chi connectivity index (χ3n) is 4.79. The molecule has 0 radical (unpaired) electrons. The first-order chi connectivity index (χ1) is 9.48. The first-order valence-corrected chi connectivity index (χ1v) is 7.88. The zero-order valence-corrected chi connectivity index (χ0v) is 12.9. The summed E-state index contributed by atoms with van der Waals surface area (Å²) in [4.78, 5) is 16.2. The fourth-order valence-corrected chi connectivity index (χ4v) is 3.05. The molecule has 0 atom stereocenters. The van der Waals surface area contributed by atoms with Crippen LogP contribution in [-0.4, -0.2) is 72.7 Å². The molecule has 0 aromatic rings. The summed E-state index contributed by atoms with van der Waals surface area (Å²) < 4.78 is 0. The van der Waals surface area contributed by atoms with Crippen molar-refractivity contribution in [1.82, 2.24) is 15.1 Å². The maximum absolute atomic E-state index is 12.1. The topological polar surface area (TPSA) is 55.8 Å². The molecule has 2 N–H and O–H groups in total. The van der Waals surface area contributed by atoms with Crippen LogP contribution in [0.5, 0.6) is 0 Å². The molecule has 20 heavy (non-hydrogen) atoms. The Kier molecular flexibility index (Phi) is 5.41. The second-order valence-electron chi connectivity index (χ2n) is 6.69. The molecule has 0 aromatic carbocycles. The van der Waals surface area contributed by atoms with Gasteiger partial charge < -0.3 is 20.2 Å². The van der Waals surface area contributed by atoms with E-state index in [2.05, 4.69) is 24.2 Å². The highest BCUT2D eigenvalue weighted by Gasteiger charge is 2.31. The van der Waals surface area contributed by atoms with E-state index < -0.39 is 5.60 Å². The van der Waals surface area contributed by atoms with Crippen molar-refractivity contribution in [2.45, 2.75) is 38.2 Å². The highest BCUT2D eigenvalue weighted by atomic mass is 16.3. The van der Waals surface area contributed by atoms with Gasteiger partial charge in [0.1, 0.15) is 0 Å². The second-order valence-corrected chi connectivity index (χ2v) is 6.69. The summed E-state index contributed by atoms with van der Waals surface area (Å²) in [5.41, 5.74) is -0.602. The molecule has 1 saturated heterocycles. The molecule has 5 heteroatoms. The molecule has 1 aliphatic carbocycles. The first kappa shape index (κ1) is 15.7. The van der Waals surface area contributed by atoms with Crippen molar-refractivity contribution < 1.29 is 9.90 Å². The summed E-state index contributed by atoms with van der Waals surface area (Å²) >= 11 is 0. The van der Waals surface area contributed by atoms with E-state index in [9.17, 15) is 9.90 Å². The highest BCUT2D eigenvalue weighted by molar-refractivity contribution is 5.78. The van der Waals surface area contributed by atoms with Crippen LogP contribution < -0.4 is 5.32 Å². The lowest BCUT2D eigenvalue weighted by atomic mass is 9.79. The molecular weight excluding hydrogens is 254 g/mol. The minimum absolute atomic E-state index is 0.158. The Labute approximate surface area is 122 Å². The van der Waals surface area contributed by atoms with Gasteiger partial charge in [-0.05, 0) is 38.6 Å². The minimum Gasteiger partial charge on any atom is -0.389 e. The number of carbonyl (C=O) groups excluding carboxylic acids is 1. The highest BCUT2D eigenvalue weighted by Crippen LogP contribution is 2.31. The quantitative estimate of drug-likeness (QED) is 0.779. The molecule has 1 saturated carbocycles. The lowest BCUT2D eigenvalue weighted by Gasteiger charge is -2.36. The fraction of sp³-hybridized carbons (Fsp3) is 0.933. The number of hydrogen-bond donors (Lipinski definition) is 2. The minimum atomic E-state index is -0.602. The van der Waals surface area contributed by atoms with E-state index in [1.807, 2.05) is 4.90 Å². The van der Waals surface area contributed by atoms with E-state index in [1.54, 1.807) is 0 Å². The number of hydrogen-bond acceptors (Lipinski definition) is 4. The van der Waals surface area contributed by atoms with Crippen LogP contribution in [0.1, 0.15) is 32.6 Å². The van der Waals surface area contributed by atoms with Crippen LogP contribution in [0.4, 0.5) is 0 Å². The molecule has 0 aromatic heterocycles. The van der Waals surface area contributed by atoms with Crippen LogP contribution in [0.2, 0.25) is 0 Å². The normalized spacial score (nSPS) is 32.4. The Morgan fingerprint density at radius 3 is 2.45 bits per heavy atom. The number of carbonyl (C=O) groups is 1. The van der Waals surface area contributed by atoms with Gasteiger partial charge in [0.25, 0.3) is 0 Å². The van der Waals surface area contributed by atoms with E-state index in [4.69, 9.17) is 0 Å². The lowest BCUT2D eigenvalue weighted by molar-refractivity contribution is -0.132. The number of piperazine rings is 1. The Morgan fingerprint density at radius 2 is 1.85 bits per heavy atom. The van der Waals surface area contributed by atoms with Gasteiger partial charge >= 0.3 is 0 Å². The molecular formula is C15H29N3O2. The zero-order chi connectivity index (χ0) is 14.6. The van der Waals surface area contributed by atoms with Crippen molar-refractivity contribution >= 4 is 5.91 Å². The second kappa shape index (κ2) is 6.87. The smallest absolute Gasteiger partial charge is 0.236 e. The van der Waals surface area contributed by atoms with Crippen LogP contribution in [0, 0.1) is 5.92 Å². The van der Waals surface area contributed by atoms with Gasteiger partial charge in [-0.3, -0.25) is 4.79 Å². The van der Waals surface area contributed by atoms with Gasteiger partial charge in [0.05, 0.1) is 12.1 Å². The van der Waals surface area contributed by atoms with E-state index in [-0.39, 0.29) is 5.91 Å². The molecule has 2 aliphatic rings. The fourth-order valence-electron chi connectivity index (χ4n) is 3.05. The summed E-state index contributed by atoms with van der Waals surface area (Å²) in [7, 11) is 2.08. The molecule has 1 aliphatic heterocycles. The third kappa shape index (κ3) is 4.43. The number of amides is 1. The first-order valence-electron chi connectivity index (χ1n) is 7.88. The number of likely N-dealkylation sites (N-methyl/N-ethyl adjacent to an activating group) is 1. The third-order valence-corrected chi connectivity index (χ3v) is 4.79. The molecule has 0 unspecified atom stereocenters. The number of rotatable bonds is 4. The molecule has 2 rings (SSSR count). The molecule has 1 amide bonds. The Balaban J connectivity index is 1.66. The Hall–Kier alpha value is -0.650. The average molecular weight is 283 g/mol. The van der Waals surface area contributed by atoms with E-state index in [1.165, 1.54) is 0 Å². The van der Waals surface area contributed by atoms with Gasteiger partial charge in [0.2, 0.25) is 5.91 Å². The number of aliphatic hydroxyl groups is 1. The van der Waals surface area contributed by atoms with Crippen molar-refractivity contribution in [3.63, 3.8) is 0 Å². The van der Waals surface area contributed by atoms with Gasteiger partial charge in [-0.1, -0.05) is 6.92 Å². The maximum atomic E-state index is 12.1. The number of nitrogens with one attached hydrogen (secondary N) is 1. The largest absolute Gasteiger partial charge is 0.389 e. The molecule has 116 valence electrons. The van der Waals surface area contributed by atoms with Crippen LogP contribution in [-0.2, 0) is 4.79 Å². The van der Waals surface area contributed by atoms with Crippen molar-refractivity contribution in [3.8, 4) is 0 Å². The average Bonchev–Trinajstić information content (AvgIpc) is 2.43. The SMILES string of the molecule is CC1CCC(O)(CNCC(=O)N2CCN(C)CC2)CC1. The predicted molar refractivity (Wildman–Crippen MR) is 79.5 cm³/mol. The molecule has 1 heterocycles. The molecule has 2 fully saturated rings. The van der Waals surface area contributed by atoms with Crippen LogP contribution >= 0.6 is 0 Å². The summed E-state index contributed by atoms with van der Waals surface area (Å²) in [6.45, 7) is 6.67. The van der Waals surface area contributed by atoms with Gasteiger partial charge in [0, 0.05) is 32.7 Å². The van der Waals surface area contributed by atoms with E-state index >= 15 is 0 Å². The van der Waals surface area contributed by atoms with Gasteiger partial charge in [0.15, 0.2) is 0 Å². The van der Waals surface area contributed by atoms with Crippen LogP contribution in [0.15, 0.2) is 0 Å². The summed E-state index contributed by atoms with van der Waals surface area (Å²) in [5.74, 6) is 0.883. The van der Waals surface area contributed by atoms with Crippen molar-refractivity contribution in [2.75, 3.05) is 46.3 Å². The van der Waals surface area contributed by atoms with Gasteiger partial charge in [-0.15, -0.1) is 0 Å². The van der Waals surface area contributed by atoms with Crippen molar-refractivity contribution in [2.24, 2.45) is 5.92 Å². The predicted octanol–water partition coefficient (Wildman–Crippen LogP) is 0.291. The number of nitrogens with zero attached hydrogens (tertiary/aromatic N) is 2. The van der Waals surface area contributed by atoms with Crippen molar-refractivity contribution in [3.05, 3.63) is 0 Å². The van der Waals surface area contributed by atoms with Gasteiger partial charge in [-0.2, -0.15) is 0 Å². The van der Waals surface area contributed by atoms with Gasteiger partial charge in [-0.25, -0.2) is 0 Å². The van der Waals surface area contributed by atoms with E-state index in [0.717, 1.165) is 57.8 Å². The lowest BCUT2D eigenvalue weighted by Crippen LogP contribution is -2.51. The van der Waals surface area contributed by atoms with Crippen LogP contribution in [0.3, 0.4) is 0 Å². The Bertz CT molecular complexity index is 319. The summed E-state index contributed by atoms with van der Waals surface area (Å²) in [6.07, 6.45) is 3.88. The molecule has 0 spiro atoms. The van der Waals surface area contributed by atoms with Crippen LogP contribution in [0.25, 0.3) is 0 Å². The van der Waals surface area contributed by atoms with Crippen molar-refractivity contribution in [1.29, 1.82) is 0 Å².